The summed E-state index contributed by atoms with van der Waals surface area (Å²) in [6.45, 7) is 2.62. The molecule has 0 heterocycles. The normalized spacial score (nSPS) is 10.9. The number of benzene rings is 4. The molecule has 0 radical (unpaired) electrons. The number of hydrogen-bond acceptors (Lipinski definition) is 1. The maximum atomic E-state index is 14.7. The van der Waals surface area contributed by atoms with Crippen LogP contribution >= 0.6 is 0 Å². The predicted molar refractivity (Wildman–Crippen MR) is 135 cm³/mol. The topological polar surface area (TPSA) is 9.23 Å². The van der Waals surface area contributed by atoms with Crippen molar-refractivity contribution in [2.75, 3.05) is 6.61 Å². The molecule has 4 aromatic carbocycles. The van der Waals surface area contributed by atoms with Crippen molar-refractivity contribution in [2.24, 2.45) is 0 Å². The molecule has 0 aliphatic rings. The average Bonchev–Trinajstić information content (AvgIpc) is 2.86. The van der Waals surface area contributed by atoms with Crippen molar-refractivity contribution in [3.8, 4) is 17.6 Å². The third kappa shape index (κ3) is 6.68. The zero-order chi connectivity index (χ0) is 26.4. The number of unbranched alkanes of at least 4 members (excludes halogenated alkanes) is 2. The highest BCUT2D eigenvalue weighted by Crippen LogP contribution is 2.22. The zero-order valence-electron chi connectivity index (χ0n) is 20.3. The number of aryl methyl sites for hydroxylation is 2. The van der Waals surface area contributed by atoms with Gasteiger partial charge < -0.3 is 4.74 Å². The molecular weight excluding hydrogens is 483 g/mol. The van der Waals surface area contributed by atoms with Gasteiger partial charge in [0.15, 0.2) is 11.6 Å². The first-order chi connectivity index (χ1) is 17.8. The van der Waals surface area contributed by atoms with Gasteiger partial charge in [-0.15, -0.1) is 0 Å². The van der Waals surface area contributed by atoms with Crippen LogP contribution in [-0.4, -0.2) is 6.61 Å². The number of rotatable bonds is 8. The fourth-order valence-corrected chi connectivity index (χ4v) is 3.99. The molecule has 4 rings (SSSR count). The number of halogens is 5. The summed E-state index contributed by atoms with van der Waals surface area (Å²) in [4.78, 5) is 0. The molecule has 4 aromatic rings. The third-order valence-corrected chi connectivity index (χ3v) is 6.04. The summed E-state index contributed by atoms with van der Waals surface area (Å²) in [6.07, 6.45) is 3.52. The van der Waals surface area contributed by atoms with Gasteiger partial charge >= 0.3 is 0 Å². The van der Waals surface area contributed by atoms with E-state index in [0.29, 0.717) is 39.8 Å². The summed E-state index contributed by atoms with van der Waals surface area (Å²) >= 11 is 0. The van der Waals surface area contributed by atoms with Gasteiger partial charge in [0.2, 0.25) is 0 Å². The van der Waals surface area contributed by atoms with Crippen molar-refractivity contribution in [3.63, 3.8) is 0 Å². The highest BCUT2D eigenvalue weighted by Gasteiger charge is 2.11. The van der Waals surface area contributed by atoms with Crippen molar-refractivity contribution in [2.45, 2.75) is 39.0 Å². The first-order valence-electron chi connectivity index (χ1n) is 12.1. The molecule has 0 saturated carbocycles. The Hall–Kier alpha value is -3.85. The maximum absolute atomic E-state index is 14.7. The van der Waals surface area contributed by atoms with E-state index in [1.54, 1.807) is 24.3 Å². The first kappa shape index (κ1) is 26.2. The van der Waals surface area contributed by atoms with Crippen molar-refractivity contribution in [1.29, 1.82) is 0 Å². The molecule has 37 heavy (non-hydrogen) atoms. The van der Waals surface area contributed by atoms with Crippen LogP contribution in [0.5, 0.6) is 5.75 Å². The molecule has 0 saturated heterocycles. The Morgan fingerprint density at radius 3 is 2.08 bits per heavy atom. The second-order valence-electron chi connectivity index (χ2n) is 8.82. The van der Waals surface area contributed by atoms with Crippen LogP contribution in [0.15, 0.2) is 60.7 Å². The summed E-state index contributed by atoms with van der Waals surface area (Å²) in [5, 5.41) is 0.905. The molecule has 0 bridgehead atoms. The fourth-order valence-electron chi connectivity index (χ4n) is 3.99. The van der Waals surface area contributed by atoms with Crippen LogP contribution in [0, 0.1) is 40.9 Å². The minimum Gasteiger partial charge on any atom is -0.493 e. The van der Waals surface area contributed by atoms with Crippen LogP contribution in [0.1, 0.15) is 48.4 Å². The Morgan fingerprint density at radius 1 is 0.649 bits per heavy atom. The van der Waals surface area contributed by atoms with E-state index >= 15 is 0 Å². The molecule has 1 nitrogen and oxygen atoms in total. The Morgan fingerprint density at radius 2 is 1.38 bits per heavy atom. The lowest BCUT2D eigenvalue weighted by Gasteiger charge is -2.09. The lowest BCUT2D eigenvalue weighted by Crippen LogP contribution is -2.01. The quantitative estimate of drug-likeness (QED) is 0.132. The molecule has 6 heteroatoms. The summed E-state index contributed by atoms with van der Waals surface area (Å²) < 4.78 is 76.3. The van der Waals surface area contributed by atoms with E-state index in [2.05, 4.69) is 18.8 Å². The van der Waals surface area contributed by atoms with Crippen molar-refractivity contribution < 1.29 is 26.7 Å². The molecule has 0 aliphatic carbocycles. The molecule has 0 amide bonds. The van der Waals surface area contributed by atoms with Crippen molar-refractivity contribution >= 4 is 10.8 Å². The van der Waals surface area contributed by atoms with Crippen LogP contribution in [0.4, 0.5) is 22.0 Å². The Labute approximate surface area is 212 Å². The van der Waals surface area contributed by atoms with Crippen LogP contribution in [0.25, 0.3) is 10.8 Å². The van der Waals surface area contributed by atoms with Gasteiger partial charge in [0, 0.05) is 11.6 Å². The van der Waals surface area contributed by atoms with E-state index in [0.717, 1.165) is 31.4 Å². The monoisotopic (exact) mass is 508 g/mol. The fraction of sp³-hybridized carbons (Fsp3) is 0.226. The van der Waals surface area contributed by atoms with Gasteiger partial charge in [-0.3, -0.25) is 0 Å². The second kappa shape index (κ2) is 11.9. The van der Waals surface area contributed by atoms with Gasteiger partial charge in [-0.1, -0.05) is 43.7 Å². The molecule has 0 fully saturated rings. The van der Waals surface area contributed by atoms with Crippen LogP contribution in [-0.2, 0) is 12.8 Å². The molecular formula is C31H25F5O. The third-order valence-electron chi connectivity index (χ3n) is 6.04. The molecule has 0 N–H and O–H groups in total. The predicted octanol–water partition coefficient (Wildman–Crippen LogP) is 8.29. The van der Waals surface area contributed by atoms with Crippen LogP contribution in [0.2, 0.25) is 0 Å². The van der Waals surface area contributed by atoms with Gasteiger partial charge in [0.05, 0.1) is 12.2 Å². The van der Waals surface area contributed by atoms with Crippen LogP contribution < -0.4 is 4.74 Å². The van der Waals surface area contributed by atoms with Gasteiger partial charge in [-0.25, -0.2) is 22.0 Å². The van der Waals surface area contributed by atoms with E-state index < -0.39 is 34.6 Å². The van der Waals surface area contributed by atoms with Crippen molar-refractivity contribution in [1.82, 2.24) is 0 Å². The minimum atomic E-state index is -0.989. The smallest absolute Gasteiger partial charge is 0.159 e. The maximum Gasteiger partial charge on any atom is 0.159 e. The lowest BCUT2D eigenvalue weighted by molar-refractivity contribution is 0.304. The van der Waals surface area contributed by atoms with Crippen LogP contribution in [0.3, 0.4) is 0 Å². The number of fused-ring (bicyclic) bond motifs is 1. The van der Waals surface area contributed by atoms with Crippen molar-refractivity contribution in [3.05, 3.63) is 112 Å². The highest BCUT2D eigenvalue weighted by molar-refractivity contribution is 5.84. The van der Waals surface area contributed by atoms with Gasteiger partial charge in [0.25, 0.3) is 0 Å². The molecule has 0 aromatic heterocycles. The zero-order valence-corrected chi connectivity index (χ0v) is 20.3. The summed E-state index contributed by atoms with van der Waals surface area (Å²) in [5.41, 5.74) is 0.806. The SMILES string of the molecule is CCCCCOc1ccc(CCc2cc(F)c(C#Cc3ccc4cc(F)c(F)cc4c3)c(F)c2)c(F)c1. The highest BCUT2D eigenvalue weighted by atomic mass is 19.2. The summed E-state index contributed by atoms with van der Waals surface area (Å²) in [6, 6.07) is 13.8. The molecule has 0 unspecified atom stereocenters. The Bertz CT molecular complexity index is 1460. The molecule has 190 valence electrons. The lowest BCUT2D eigenvalue weighted by atomic mass is 10.0. The largest absolute Gasteiger partial charge is 0.493 e. The van der Waals surface area contributed by atoms with E-state index in [-0.39, 0.29) is 12.8 Å². The summed E-state index contributed by atoms with van der Waals surface area (Å²) in [5.74, 6) is 1.60. The number of ether oxygens (including phenoxy) is 1. The Kier molecular flexibility index (Phi) is 8.45. The van der Waals surface area contributed by atoms with E-state index in [1.807, 2.05) is 0 Å². The Balaban J connectivity index is 1.44. The van der Waals surface area contributed by atoms with E-state index in [9.17, 15) is 22.0 Å². The van der Waals surface area contributed by atoms with Gasteiger partial charge in [-0.05, 0) is 83.6 Å². The standard InChI is InChI=1S/C31H25F5O/c1-2-3-4-13-37-25-11-10-22(27(32)19-25)8-6-21-15-28(33)26(29(34)16-21)12-7-20-5-9-23-17-30(35)31(36)18-24(23)14-20/h5,9-11,14-19H,2-4,6,8,13H2,1H3. The second-order valence-corrected chi connectivity index (χ2v) is 8.82. The molecule has 0 atom stereocenters. The summed E-state index contributed by atoms with van der Waals surface area (Å²) in [7, 11) is 0. The van der Waals surface area contributed by atoms with E-state index in [1.165, 1.54) is 24.3 Å². The first-order valence-corrected chi connectivity index (χ1v) is 12.1. The molecule has 0 spiro atoms. The van der Waals surface area contributed by atoms with Gasteiger partial charge in [-0.2, -0.15) is 0 Å². The van der Waals surface area contributed by atoms with E-state index in [4.69, 9.17) is 4.74 Å². The van der Waals surface area contributed by atoms with Gasteiger partial charge in [0.1, 0.15) is 23.2 Å². The number of hydrogen-bond donors (Lipinski definition) is 0. The molecule has 0 aliphatic heterocycles. The average molecular weight is 509 g/mol. The minimum absolute atomic E-state index is 0.238.